The van der Waals surface area contributed by atoms with Gasteiger partial charge in [0.15, 0.2) is 0 Å². The Labute approximate surface area is 139 Å². The Hall–Kier alpha value is -2.47. The molecule has 5 nitrogen and oxygen atoms in total. The van der Waals surface area contributed by atoms with Crippen molar-refractivity contribution in [2.75, 3.05) is 23.5 Å². The molecule has 0 aliphatic heterocycles. The van der Waals surface area contributed by atoms with Crippen molar-refractivity contribution < 1.29 is 14.3 Å². The van der Waals surface area contributed by atoms with Gasteiger partial charge in [-0.05, 0) is 36.4 Å². The van der Waals surface area contributed by atoms with Crippen LogP contribution >= 0.6 is 11.8 Å². The minimum Gasteiger partial charge on any atom is -0.495 e. The van der Waals surface area contributed by atoms with E-state index in [-0.39, 0.29) is 17.6 Å². The first-order valence-electron chi connectivity index (χ1n) is 7.02. The van der Waals surface area contributed by atoms with Gasteiger partial charge in [-0.2, -0.15) is 0 Å². The lowest BCUT2D eigenvalue weighted by Gasteiger charge is -2.09. The SMILES string of the molecule is COc1ccccc1NC(=O)CSc1ccc(NC(C)=O)cc1. The number of hydrogen-bond acceptors (Lipinski definition) is 4. The first-order valence-corrected chi connectivity index (χ1v) is 8.00. The van der Waals surface area contributed by atoms with Crippen LogP contribution in [0.4, 0.5) is 11.4 Å². The molecular weight excluding hydrogens is 312 g/mol. The van der Waals surface area contributed by atoms with Crippen molar-refractivity contribution in [3.63, 3.8) is 0 Å². The van der Waals surface area contributed by atoms with Gasteiger partial charge >= 0.3 is 0 Å². The second kappa shape index (κ2) is 8.24. The average Bonchev–Trinajstić information content (AvgIpc) is 2.54. The minimum atomic E-state index is -0.110. The van der Waals surface area contributed by atoms with E-state index in [0.717, 1.165) is 10.6 Å². The van der Waals surface area contributed by atoms with Gasteiger partial charge in [0.25, 0.3) is 0 Å². The highest BCUT2D eigenvalue weighted by Gasteiger charge is 2.07. The fourth-order valence-electron chi connectivity index (χ4n) is 1.92. The molecule has 0 aliphatic carbocycles. The highest BCUT2D eigenvalue weighted by atomic mass is 32.2. The Morgan fingerprint density at radius 3 is 2.39 bits per heavy atom. The summed E-state index contributed by atoms with van der Waals surface area (Å²) >= 11 is 1.42. The molecule has 2 N–H and O–H groups in total. The number of carbonyl (C=O) groups excluding carboxylic acids is 2. The van der Waals surface area contributed by atoms with Crippen LogP contribution in [0.2, 0.25) is 0 Å². The molecule has 23 heavy (non-hydrogen) atoms. The van der Waals surface area contributed by atoms with Gasteiger partial charge < -0.3 is 15.4 Å². The lowest BCUT2D eigenvalue weighted by atomic mass is 10.3. The molecule has 6 heteroatoms. The van der Waals surface area contributed by atoms with E-state index in [9.17, 15) is 9.59 Å². The van der Waals surface area contributed by atoms with Gasteiger partial charge in [-0.25, -0.2) is 0 Å². The number of thioether (sulfide) groups is 1. The van der Waals surface area contributed by atoms with Crippen molar-refractivity contribution in [3.05, 3.63) is 48.5 Å². The number of anilines is 2. The second-order valence-electron chi connectivity index (χ2n) is 4.74. The Morgan fingerprint density at radius 1 is 1.04 bits per heavy atom. The molecule has 2 aromatic carbocycles. The number of methoxy groups -OCH3 is 1. The number of benzene rings is 2. The van der Waals surface area contributed by atoms with Crippen LogP contribution in [0.25, 0.3) is 0 Å². The molecule has 0 spiro atoms. The van der Waals surface area contributed by atoms with E-state index in [1.54, 1.807) is 19.2 Å². The summed E-state index contributed by atoms with van der Waals surface area (Å²) in [6, 6.07) is 14.6. The normalized spacial score (nSPS) is 10.0. The highest BCUT2D eigenvalue weighted by Crippen LogP contribution is 2.24. The van der Waals surface area contributed by atoms with E-state index in [1.807, 2.05) is 36.4 Å². The number of amides is 2. The van der Waals surface area contributed by atoms with Crippen LogP contribution in [0.5, 0.6) is 5.75 Å². The van der Waals surface area contributed by atoms with Gasteiger partial charge in [0.05, 0.1) is 18.6 Å². The van der Waals surface area contributed by atoms with Gasteiger partial charge in [-0.3, -0.25) is 9.59 Å². The zero-order chi connectivity index (χ0) is 16.7. The van der Waals surface area contributed by atoms with Gasteiger partial charge in [0.2, 0.25) is 11.8 Å². The monoisotopic (exact) mass is 330 g/mol. The number of ether oxygens (including phenoxy) is 1. The van der Waals surface area contributed by atoms with Crippen LogP contribution in [0, 0.1) is 0 Å². The number of carbonyl (C=O) groups is 2. The molecule has 0 bridgehead atoms. The van der Waals surface area contributed by atoms with E-state index in [1.165, 1.54) is 18.7 Å². The predicted molar refractivity (Wildman–Crippen MR) is 93.1 cm³/mol. The van der Waals surface area contributed by atoms with Crippen molar-refractivity contribution in [1.82, 2.24) is 0 Å². The lowest BCUT2D eigenvalue weighted by molar-refractivity contribution is -0.114. The van der Waals surface area contributed by atoms with E-state index in [4.69, 9.17) is 4.74 Å². The predicted octanol–water partition coefficient (Wildman–Crippen LogP) is 3.38. The zero-order valence-corrected chi connectivity index (χ0v) is 13.8. The van der Waals surface area contributed by atoms with E-state index in [2.05, 4.69) is 10.6 Å². The molecule has 0 fully saturated rings. The molecule has 2 rings (SSSR count). The third-order valence-corrected chi connectivity index (χ3v) is 3.94. The Kier molecular flexibility index (Phi) is 6.05. The molecule has 0 aliphatic rings. The van der Waals surface area contributed by atoms with Gasteiger partial charge in [0, 0.05) is 17.5 Å². The maximum absolute atomic E-state index is 12.0. The van der Waals surface area contributed by atoms with Crippen LogP contribution in [0.15, 0.2) is 53.4 Å². The van der Waals surface area contributed by atoms with E-state index in [0.29, 0.717) is 11.4 Å². The summed E-state index contributed by atoms with van der Waals surface area (Å²) in [6.45, 7) is 1.46. The first kappa shape index (κ1) is 16.9. The lowest BCUT2D eigenvalue weighted by Crippen LogP contribution is -2.14. The van der Waals surface area contributed by atoms with Crippen molar-refractivity contribution in [2.45, 2.75) is 11.8 Å². The second-order valence-corrected chi connectivity index (χ2v) is 5.79. The molecule has 0 radical (unpaired) electrons. The third-order valence-electron chi connectivity index (χ3n) is 2.93. The molecule has 0 saturated carbocycles. The summed E-state index contributed by atoms with van der Waals surface area (Å²) in [7, 11) is 1.57. The number of rotatable bonds is 6. The summed E-state index contributed by atoms with van der Waals surface area (Å²) in [4.78, 5) is 23.9. The fourth-order valence-corrected chi connectivity index (χ4v) is 2.62. The topological polar surface area (TPSA) is 67.4 Å². The van der Waals surface area contributed by atoms with Crippen molar-refractivity contribution in [2.24, 2.45) is 0 Å². The summed E-state index contributed by atoms with van der Waals surface area (Å²) < 4.78 is 5.20. The molecule has 120 valence electrons. The molecule has 0 saturated heterocycles. The Morgan fingerprint density at radius 2 is 1.74 bits per heavy atom. The Balaban J connectivity index is 1.88. The first-order chi connectivity index (χ1) is 11.1. The fraction of sp³-hybridized carbons (Fsp3) is 0.176. The smallest absolute Gasteiger partial charge is 0.234 e. The molecule has 0 aromatic heterocycles. The maximum atomic E-state index is 12.0. The van der Waals surface area contributed by atoms with Crippen LogP contribution < -0.4 is 15.4 Å². The standard InChI is InChI=1S/C17H18N2O3S/c1-12(20)18-13-7-9-14(10-8-13)23-11-17(21)19-15-5-3-4-6-16(15)22-2/h3-10H,11H2,1-2H3,(H,18,20)(H,19,21). The minimum absolute atomic E-state index is 0.106. The zero-order valence-electron chi connectivity index (χ0n) is 13.0. The summed E-state index contributed by atoms with van der Waals surface area (Å²) in [5, 5.41) is 5.53. The summed E-state index contributed by atoms with van der Waals surface area (Å²) in [6.07, 6.45) is 0. The van der Waals surface area contributed by atoms with Gasteiger partial charge in [0.1, 0.15) is 5.75 Å². The van der Waals surface area contributed by atoms with Crippen LogP contribution in [-0.4, -0.2) is 24.7 Å². The third kappa shape index (κ3) is 5.34. The van der Waals surface area contributed by atoms with Crippen LogP contribution in [0.3, 0.4) is 0 Å². The molecule has 0 atom stereocenters. The highest BCUT2D eigenvalue weighted by molar-refractivity contribution is 8.00. The Bertz CT molecular complexity index is 686. The average molecular weight is 330 g/mol. The summed E-state index contributed by atoms with van der Waals surface area (Å²) in [5.41, 5.74) is 1.39. The van der Waals surface area contributed by atoms with E-state index < -0.39 is 0 Å². The van der Waals surface area contributed by atoms with Gasteiger partial charge in [-0.15, -0.1) is 11.8 Å². The van der Waals surface area contributed by atoms with Crippen molar-refractivity contribution >= 4 is 35.0 Å². The van der Waals surface area contributed by atoms with Crippen molar-refractivity contribution in [1.29, 1.82) is 0 Å². The van der Waals surface area contributed by atoms with E-state index >= 15 is 0 Å². The quantitative estimate of drug-likeness (QED) is 0.797. The molecule has 0 unspecified atom stereocenters. The maximum Gasteiger partial charge on any atom is 0.234 e. The number of hydrogen-bond donors (Lipinski definition) is 2. The molecular formula is C17H18N2O3S. The van der Waals surface area contributed by atoms with Crippen LogP contribution in [-0.2, 0) is 9.59 Å². The molecule has 2 aromatic rings. The molecule has 0 heterocycles. The van der Waals surface area contributed by atoms with Crippen molar-refractivity contribution in [3.8, 4) is 5.75 Å². The largest absolute Gasteiger partial charge is 0.495 e. The summed E-state index contributed by atoms with van der Waals surface area (Å²) in [5.74, 6) is 0.704. The van der Waals surface area contributed by atoms with Gasteiger partial charge in [-0.1, -0.05) is 12.1 Å². The van der Waals surface area contributed by atoms with Crippen LogP contribution in [0.1, 0.15) is 6.92 Å². The number of nitrogens with one attached hydrogen (secondary N) is 2. The number of para-hydroxylation sites is 2. The molecule has 2 amide bonds.